The largest absolute Gasteiger partial charge is 0.394 e. The van der Waals surface area contributed by atoms with Crippen molar-refractivity contribution in [2.75, 3.05) is 46.2 Å². The van der Waals surface area contributed by atoms with Crippen LogP contribution in [0, 0.1) is 0 Å². The van der Waals surface area contributed by atoms with Gasteiger partial charge < -0.3 is 179 Å². The van der Waals surface area contributed by atoms with Crippen molar-refractivity contribution in [1.29, 1.82) is 0 Å². The van der Waals surface area contributed by atoms with Crippen LogP contribution in [0.4, 0.5) is 0 Å². The van der Waals surface area contributed by atoms with E-state index < -0.39 is 261 Å². The number of hydrogen-bond acceptors (Lipinski definition) is 36. The minimum atomic E-state index is -2.25. The summed E-state index contributed by atoms with van der Waals surface area (Å²) in [5.74, 6) is 0. The minimum Gasteiger partial charge on any atom is -0.394 e. The van der Waals surface area contributed by atoms with E-state index in [1.807, 2.05) is 0 Å². The first kappa shape index (κ1) is 64.1. The molecule has 1 unspecified atom stereocenters. The van der Waals surface area contributed by atoms with Gasteiger partial charge in [-0.1, -0.05) is 0 Å². The molecule has 0 amide bonds. The highest BCUT2D eigenvalue weighted by molar-refractivity contribution is 5.00. The topological polar surface area (TPSA) is 585 Å². The molecule has 0 bridgehead atoms. The molecule has 35 atom stereocenters. The van der Waals surface area contributed by atoms with Crippen LogP contribution in [-0.2, 0) is 61.6 Å². The molecular weight excluding hydrogens is 1080 g/mol. The molecule has 456 valence electrons. The summed E-state index contributed by atoms with van der Waals surface area (Å²) >= 11 is 0. The second-order valence-electron chi connectivity index (χ2n) is 19.6. The molecule has 0 saturated carbocycles. The first-order valence-electron chi connectivity index (χ1n) is 24.7. The number of aliphatic hydroxyl groups excluding tert-OH is 23. The van der Waals surface area contributed by atoms with Crippen molar-refractivity contribution in [2.45, 2.75) is 215 Å². The molecule has 23 N–H and O–H groups in total. The summed E-state index contributed by atoms with van der Waals surface area (Å²) in [6.45, 7) is -6.84. The molecule has 36 heteroatoms. The van der Waals surface area contributed by atoms with Gasteiger partial charge in [0.05, 0.1) is 46.2 Å². The van der Waals surface area contributed by atoms with E-state index in [0.29, 0.717) is 0 Å². The molecule has 0 spiro atoms. The average molecular weight is 1150 g/mol. The zero-order chi connectivity index (χ0) is 57.3. The number of rotatable bonds is 19. The Balaban J connectivity index is 1.09. The van der Waals surface area contributed by atoms with Gasteiger partial charge in [0.1, 0.15) is 171 Å². The highest BCUT2D eigenvalue weighted by atomic mass is 16.8. The van der Waals surface area contributed by atoms with E-state index >= 15 is 0 Å². The van der Waals surface area contributed by atoms with E-state index in [4.69, 9.17) is 61.6 Å². The van der Waals surface area contributed by atoms with Gasteiger partial charge in [-0.05, 0) is 0 Å². The van der Waals surface area contributed by atoms with Crippen molar-refractivity contribution < 1.29 is 179 Å². The standard InChI is InChI=1S/C42H72O36/c43-1-8-16(50)24(58)32(36(65)67-8)75-41-34(26(60)18(52)11(4-46)71-41)76-38-29(63)23(57)20(54)14(73-38)7-66-40-33(25(59)17(51)10(3-45)70-40)78-42-35(27(61)19(53)12(5-47)72-42)77-39-30(64)31(21(55)13(6-48)69-39)74-37-28(62)22(56)15(49)9(2-44)68-37/h8-65H,1-7H2/t8-,9-,10-,11-,12-,13-,14-,15-,16-,17-,18-,19-,20-,21-,22+,23+,24+,25+,26+,27+,28+,29+,30+,31+,32+,33+,34+,35+,36?,37-,38-,39-,40+,41-,42-/m1/s1. The predicted octanol–water partition coefficient (Wildman–Crippen LogP) is -16.3. The molecule has 78 heavy (non-hydrogen) atoms. The molecule has 7 fully saturated rings. The maximum absolute atomic E-state index is 11.5. The van der Waals surface area contributed by atoms with Gasteiger partial charge in [0.2, 0.25) is 0 Å². The summed E-state index contributed by atoms with van der Waals surface area (Å²) in [6.07, 6.45) is -70.1. The lowest BCUT2D eigenvalue weighted by Crippen LogP contribution is -2.68. The van der Waals surface area contributed by atoms with Gasteiger partial charge in [-0.15, -0.1) is 0 Å². The molecule has 0 aromatic rings. The Morgan fingerprint density at radius 2 is 0.487 bits per heavy atom. The van der Waals surface area contributed by atoms with Crippen LogP contribution in [-0.4, -0.2) is 379 Å². The van der Waals surface area contributed by atoms with E-state index in [9.17, 15) is 117 Å². The summed E-state index contributed by atoms with van der Waals surface area (Å²) < 4.78 is 73.1. The Labute approximate surface area is 439 Å². The summed E-state index contributed by atoms with van der Waals surface area (Å²) in [5.41, 5.74) is 0. The molecule has 0 aliphatic carbocycles. The second kappa shape index (κ2) is 27.5. The quantitative estimate of drug-likeness (QED) is 0.0571. The van der Waals surface area contributed by atoms with Crippen LogP contribution < -0.4 is 0 Å². The summed E-state index contributed by atoms with van der Waals surface area (Å²) in [5, 5.41) is 244. The zero-order valence-corrected chi connectivity index (χ0v) is 40.8. The molecular formula is C42H72O36. The molecule has 0 aromatic carbocycles. The first-order valence-corrected chi connectivity index (χ1v) is 24.7. The van der Waals surface area contributed by atoms with Gasteiger partial charge in [-0.25, -0.2) is 0 Å². The Morgan fingerprint density at radius 3 is 0.910 bits per heavy atom. The molecule has 0 aromatic heterocycles. The molecule has 7 heterocycles. The molecule has 7 aliphatic rings. The van der Waals surface area contributed by atoms with Crippen molar-refractivity contribution in [2.24, 2.45) is 0 Å². The van der Waals surface area contributed by atoms with Gasteiger partial charge >= 0.3 is 0 Å². The van der Waals surface area contributed by atoms with Gasteiger partial charge in [0, 0.05) is 0 Å². The van der Waals surface area contributed by atoms with E-state index in [0.717, 1.165) is 0 Å². The Bertz CT molecular complexity index is 1820. The average Bonchev–Trinajstić information content (AvgIpc) is 3.47. The van der Waals surface area contributed by atoms with Gasteiger partial charge in [-0.2, -0.15) is 0 Å². The van der Waals surface area contributed by atoms with Gasteiger partial charge in [0.15, 0.2) is 44.0 Å². The van der Waals surface area contributed by atoms with E-state index in [-0.39, 0.29) is 0 Å². The van der Waals surface area contributed by atoms with Crippen molar-refractivity contribution in [3.05, 3.63) is 0 Å². The summed E-state index contributed by atoms with van der Waals surface area (Å²) in [7, 11) is 0. The van der Waals surface area contributed by atoms with Gasteiger partial charge in [-0.3, -0.25) is 0 Å². The smallest absolute Gasteiger partial charge is 0.187 e. The molecule has 7 rings (SSSR count). The third-order valence-electron chi connectivity index (χ3n) is 14.5. The fourth-order valence-corrected chi connectivity index (χ4v) is 9.81. The van der Waals surface area contributed by atoms with Crippen LogP contribution >= 0.6 is 0 Å². The number of ether oxygens (including phenoxy) is 13. The summed E-state index contributed by atoms with van der Waals surface area (Å²) in [4.78, 5) is 0. The third kappa shape index (κ3) is 13.1. The van der Waals surface area contributed by atoms with E-state index in [1.54, 1.807) is 0 Å². The zero-order valence-electron chi connectivity index (χ0n) is 40.8. The third-order valence-corrected chi connectivity index (χ3v) is 14.5. The molecule has 0 radical (unpaired) electrons. The maximum Gasteiger partial charge on any atom is 0.187 e. The fourth-order valence-electron chi connectivity index (χ4n) is 9.81. The van der Waals surface area contributed by atoms with Crippen LogP contribution in [0.2, 0.25) is 0 Å². The van der Waals surface area contributed by atoms with Crippen molar-refractivity contribution >= 4 is 0 Å². The van der Waals surface area contributed by atoms with E-state index in [2.05, 4.69) is 0 Å². The second-order valence-corrected chi connectivity index (χ2v) is 19.6. The molecule has 36 nitrogen and oxygen atoms in total. The normalized spacial score (nSPS) is 53.5. The van der Waals surface area contributed by atoms with Crippen LogP contribution in [0.3, 0.4) is 0 Å². The Morgan fingerprint density at radius 1 is 0.218 bits per heavy atom. The highest BCUT2D eigenvalue weighted by Gasteiger charge is 2.58. The lowest BCUT2D eigenvalue weighted by Gasteiger charge is -2.49. The minimum absolute atomic E-state index is 0.862. The van der Waals surface area contributed by atoms with Gasteiger partial charge in [0.25, 0.3) is 0 Å². The monoisotopic (exact) mass is 1150 g/mol. The highest BCUT2D eigenvalue weighted by Crippen LogP contribution is 2.37. The predicted molar refractivity (Wildman–Crippen MR) is 232 cm³/mol. The van der Waals surface area contributed by atoms with Crippen molar-refractivity contribution in [3.63, 3.8) is 0 Å². The molecule has 7 saturated heterocycles. The number of aliphatic hydroxyl groups is 23. The Kier molecular flexibility index (Phi) is 22.6. The number of hydrogen-bond donors (Lipinski definition) is 23. The van der Waals surface area contributed by atoms with Crippen molar-refractivity contribution in [3.8, 4) is 0 Å². The SMILES string of the molecule is OC[C@H]1O[C@H](O[C@@H]2[C@H](O)[C@@H](O[C@@H]3[C@@H](O[C@@H]4[C@@H](OC[C@H]5O[C@H](O[C@@H]6[C@@H](O[C@@H]7C(O)O[C@H](CO)[C@@H](O)[C@@H]7O)O[C@H](CO)[C@@H](O)[C@@H]6O)[C@@H](O)[C@@H](O)[C@@H]5O)O[C@H](CO)[C@@H](O)[C@@H]4O)O[C@H](CO)[C@@H](O)[C@@H]3O)O[C@H](CO)[C@H]2O)[C@@H](O)[C@@H](O)[C@@H]1O. The van der Waals surface area contributed by atoms with Crippen LogP contribution in [0.1, 0.15) is 0 Å². The van der Waals surface area contributed by atoms with Crippen molar-refractivity contribution in [1.82, 2.24) is 0 Å². The lowest BCUT2D eigenvalue weighted by atomic mass is 9.95. The van der Waals surface area contributed by atoms with Crippen LogP contribution in [0.5, 0.6) is 0 Å². The maximum atomic E-state index is 11.5. The summed E-state index contributed by atoms with van der Waals surface area (Å²) in [6, 6.07) is 0. The van der Waals surface area contributed by atoms with E-state index in [1.165, 1.54) is 0 Å². The fraction of sp³-hybridized carbons (Fsp3) is 1.00. The molecule has 7 aliphatic heterocycles. The Hall–Kier alpha value is -1.44. The van der Waals surface area contributed by atoms with Crippen LogP contribution in [0.15, 0.2) is 0 Å². The lowest BCUT2D eigenvalue weighted by molar-refractivity contribution is -0.404. The van der Waals surface area contributed by atoms with Crippen LogP contribution in [0.25, 0.3) is 0 Å². The first-order chi connectivity index (χ1) is 37.0.